The molecule has 3 heteroatoms. The number of ether oxygens (including phenoxy) is 2. The van der Waals surface area contributed by atoms with Gasteiger partial charge in [0.1, 0.15) is 11.5 Å². The van der Waals surface area contributed by atoms with Crippen molar-refractivity contribution in [2.24, 2.45) is 47.3 Å². The summed E-state index contributed by atoms with van der Waals surface area (Å²) in [4.78, 5) is 0. The average Bonchev–Trinajstić information content (AvgIpc) is 3.18. The molecule has 0 aromatic heterocycles. The highest BCUT2D eigenvalue weighted by atomic mass is 16.5. The van der Waals surface area contributed by atoms with E-state index in [2.05, 4.69) is 23.5 Å². The molecule has 2 heterocycles. The van der Waals surface area contributed by atoms with Gasteiger partial charge in [-0.3, -0.25) is 5.32 Å². The maximum atomic E-state index is 6.70. The molecule has 114 valence electrons. The van der Waals surface area contributed by atoms with Gasteiger partial charge >= 0.3 is 0 Å². The zero-order chi connectivity index (χ0) is 14.2. The zero-order valence-electron chi connectivity index (χ0n) is 12.7. The summed E-state index contributed by atoms with van der Waals surface area (Å²) >= 11 is 0. The lowest BCUT2D eigenvalue weighted by atomic mass is 9.59. The van der Waals surface area contributed by atoms with Crippen molar-refractivity contribution in [2.45, 2.75) is 24.8 Å². The third kappa shape index (κ3) is 0.886. The van der Waals surface area contributed by atoms with Crippen LogP contribution in [0.1, 0.15) is 12.0 Å². The summed E-state index contributed by atoms with van der Waals surface area (Å²) in [6.07, 6.45) is 2.13. The number of hydrogen-bond donors (Lipinski definition) is 1. The third-order valence-corrected chi connectivity index (χ3v) is 8.45. The molecule has 0 amide bonds. The van der Waals surface area contributed by atoms with Crippen molar-refractivity contribution < 1.29 is 9.47 Å². The summed E-state index contributed by atoms with van der Waals surface area (Å²) in [6, 6.07) is 8.37. The number of methoxy groups -OCH3 is 1. The van der Waals surface area contributed by atoms with E-state index in [0.29, 0.717) is 6.10 Å². The topological polar surface area (TPSA) is 30.5 Å². The quantitative estimate of drug-likeness (QED) is 0.924. The number of hydrogen-bond acceptors (Lipinski definition) is 3. The van der Waals surface area contributed by atoms with Crippen LogP contribution in [0.25, 0.3) is 0 Å². The molecule has 7 aliphatic rings. The number of rotatable bonds is 4. The Morgan fingerprint density at radius 3 is 2.95 bits per heavy atom. The smallest absolute Gasteiger partial charge is 0.126 e. The van der Waals surface area contributed by atoms with Gasteiger partial charge in [0.25, 0.3) is 0 Å². The highest BCUT2D eigenvalue weighted by Crippen LogP contribution is 2.89. The molecule has 10 atom stereocenters. The van der Waals surface area contributed by atoms with Crippen molar-refractivity contribution in [3.63, 3.8) is 0 Å². The fourth-order valence-corrected chi connectivity index (χ4v) is 8.37. The van der Waals surface area contributed by atoms with Gasteiger partial charge in [0.15, 0.2) is 0 Å². The average molecular weight is 295 g/mol. The first-order valence-electron chi connectivity index (χ1n) is 8.90. The molecule has 2 aliphatic heterocycles. The first-order valence-corrected chi connectivity index (χ1v) is 8.90. The van der Waals surface area contributed by atoms with E-state index in [0.717, 1.165) is 59.6 Å². The highest BCUT2D eigenvalue weighted by Gasteiger charge is 2.92. The summed E-state index contributed by atoms with van der Waals surface area (Å²) in [7, 11) is 1.76. The molecule has 22 heavy (non-hydrogen) atoms. The van der Waals surface area contributed by atoms with E-state index in [1.807, 2.05) is 6.07 Å². The van der Waals surface area contributed by atoms with Gasteiger partial charge < -0.3 is 9.47 Å². The molecular formula is C19H21NO2. The minimum absolute atomic E-state index is 0.0257. The Bertz CT molecular complexity index is 694. The van der Waals surface area contributed by atoms with Gasteiger partial charge in [-0.2, -0.15) is 0 Å². The van der Waals surface area contributed by atoms with Crippen LogP contribution in [0.5, 0.6) is 5.75 Å². The molecule has 8 rings (SSSR count). The van der Waals surface area contributed by atoms with Crippen molar-refractivity contribution >= 4 is 0 Å². The first kappa shape index (κ1) is 11.5. The van der Waals surface area contributed by atoms with E-state index >= 15 is 0 Å². The lowest BCUT2D eigenvalue weighted by Gasteiger charge is -2.46. The monoisotopic (exact) mass is 295 g/mol. The van der Waals surface area contributed by atoms with E-state index in [-0.39, 0.29) is 5.72 Å². The predicted molar refractivity (Wildman–Crippen MR) is 80.0 cm³/mol. The van der Waals surface area contributed by atoms with Crippen LogP contribution < -0.4 is 10.1 Å². The van der Waals surface area contributed by atoms with Gasteiger partial charge in [0, 0.05) is 23.9 Å². The molecule has 7 fully saturated rings. The molecule has 2 saturated heterocycles. The van der Waals surface area contributed by atoms with Crippen molar-refractivity contribution in [2.75, 3.05) is 7.11 Å². The van der Waals surface area contributed by atoms with Gasteiger partial charge in [0.05, 0.1) is 13.2 Å². The number of para-hydroxylation sites is 1. The first-order chi connectivity index (χ1) is 10.8. The van der Waals surface area contributed by atoms with E-state index in [4.69, 9.17) is 9.47 Å². The number of benzene rings is 1. The SMILES string of the molecule is COc1ccccc1CNC12OC3C4C5CC(C6C5C3C61)C42. The lowest BCUT2D eigenvalue weighted by Crippen LogP contribution is -2.56. The zero-order valence-corrected chi connectivity index (χ0v) is 12.7. The summed E-state index contributed by atoms with van der Waals surface area (Å²) < 4.78 is 12.2. The molecular weight excluding hydrogens is 274 g/mol. The van der Waals surface area contributed by atoms with Gasteiger partial charge in [-0.1, -0.05) is 18.2 Å². The van der Waals surface area contributed by atoms with Crippen LogP contribution in [0.2, 0.25) is 0 Å². The molecule has 5 aliphatic carbocycles. The van der Waals surface area contributed by atoms with Crippen molar-refractivity contribution in [3.05, 3.63) is 29.8 Å². The largest absolute Gasteiger partial charge is 0.496 e. The Hall–Kier alpha value is -1.06. The molecule has 1 aromatic carbocycles. The molecule has 1 aromatic rings. The van der Waals surface area contributed by atoms with E-state index in [1.165, 1.54) is 12.0 Å². The van der Waals surface area contributed by atoms with Crippen LogP contribution in [0.3, 0.4) is 0 Å². The molecule has 10 unspecified atom stereocenters. The number of nitrogens with one attached hydrogen (secondary N) is 1. The maximum absolute atomic E-state index is 6.70. The summed E-state index contributed by atoms with van der Waals surface area (Å²) in [5.41, 5.74) is 1.28. The lowest BCUT2D eigenvalue weighted by molar-refractivity contribution is -0.0591. The van der Waals surface area contributed by atoms with E-state index in [9.17, 15) is 0 Å². The van der Waals surface area contributed by atoms with Crippen molar-refractivity contribution in [3.8, 4) is 5.75 Å². The molecule has 0 spiro atoms. The minimum atomic E-state index is 0.0257. The van der Waals surface area contributed by atoms with Gasteiger partial charge in [-0.05, 0) is 48.0 Å². The summed E-state index contributed by atoms with van der Waals surface area (Å²) in [5, 5.41) is 3.91. The van der Waals surface area contributed by atoms with Crippen LogP contribution >= 0.6 is 0 Å². The Morgan fingerprint density at radius 2 is 2.05 bits per heavy atom. The third-order valence-electron chi connectivity index (χ3n) is 8.45. The van der Waals surface area contributed by atoms with Crippen LogP contribution in [-0.4, -0.2) is 18.9 Å². The summed E-state index contributed by atoms with van der Waals surface area (Å²) in [5.74, 6) is 8.53. The molecule has 3 nitrogen and oxygen atoms in total. The fourth-order valence-electron chi connectivity index (χ4n) is 8.37. The van der Waals surface area contributed by atoms with Gasteiger partial charge in [-0.25, -0.2) is 0 Å². The maximum Gasteiger partial charge on any atom is 0.126 e. The van der Waals surface area contributed by atoms with E-state index < -0.39 is 0 Å². The standard InChI is InChI=1S/C19H21NO2/c1-21-11-5-3-2-4-8(11)7-20-19-16-10-6-9-12-13(10)17(19)15(12)18(22-19)14(9)16/h2-5,9-10,12-18,20H,6-7H2,1H3. The summed E-state index contributed by atoms with van der Waals surface area (Å²) in [6.45, 7) is 0.873. The second kappa shape index (κ2) is 3.25. The second-order valence-electron chi connectivity index (χ2n) is 8.47. The molecule has 0 radical (unpaired) electrons. The minimum Gasteiger partial charge on any atom is -0.496 e. The van der Waals surface area contributed by atoms with Crippen LogP contribution in [0, 0.1) is 47.3 Å². The molecule has 1 N–H and O–H groups in total. The van der Waals surface area contributed by atoms with Crippen molar-refractivity contribution in [1.29, 1.82) is 0 Å². The van der Waals surface area contributed by atoms with Crippen molar-refractivity contribution in [1.82, 2.24) is 5.32 Å². The normalized spacial score (nSPS) is 59.8. The Labute approximate surface area is 130 Å². The van der Waals surface area contributed by atoms with Gasteiger partial charge in [0.2, 0.25) is 0 Å². The molecule has 4 bridgehead atoms. The second-order valence-corrected chi connectivity index (χ2v) is 8.47. The predicted octanol–water partition coefficient (Wildman–Crippen LogP) is 2.27. The Kier molecular flexibility index (Phi) is 1.69. The fraction of sp³-hybridized carbons (Fsp3) is 0.684. The van der Waals surface area contributed by atoms with Crippen LogP contribution in [-0.2, 0) is 11.3 Å². The Balaban J connectivity index is 1.26. The van der Waals surface area contributed by atoms with Gasteiger partial charge in [-0.15, -0.1) is 0 Å². The van der Waals surface area contributed by atoms with Crippen LogP contribution in [0.4, 0.5) is 0 Å². The van der Waals surface area contributed by atoms with E-state index in [1.54, 1.807) is 7.11 Å². The molecule has 5 saturated carbocycles. The highest BCUT2D eigenvalue weighted by molar-refractivity contribution is 5.39. The Morgan fingerprint density at radius 1 is 1.14 bits per heavy atom. The van der Waals surface area contributed by atoms with Crippen LogP contribution in [0.15, 0.2) is 24.3 Å².